The summed E-state index contributed by atoms with van der Waals surface area (Å²) in [4.78, 5) is 137. The number of rotatable bonds is 12. The largest absolute Gasteiger partial charge is 0.505 e. The molecule has 0 saturated carbocycles. The van der Waals surface area contributed by atoms with E-state index in [9.17, 15) is 48.6 Å². The Hall–Kier alpha value is -7.07. The number of nitrogens with one attached hydrogen (secondary N) is 3. The second kappa shape index (κ2) is 23.7. The zero-order valence-corrected chi connectivity index (χ0v) is 41.0. The summed E-state index contributed by atoms with van der Waals surface area (Å²) in [7, 11) is 5.16. The van der Waals surface area contributed by atoms with E-state index in [1.807, 2.05) is 31.1 Å². The number of ketones is 1. The number of hydrogen-bond acceptors (Lipinski definition) is 15. The molecule has 6 rings (SSSR count). The van der Waals surface area contributed by atoms with Crippen molar-refractivity contribution in [2.24, 2.45) is 11.7 Å². The normalized spacial score (nSPS) is 25.4. The molecule has 0 radical (unpaired) electrons. The number of Topliss-reactive ketones (excluding diaryl/α,β-unsaturated/α-hetero) is 1. The van der Waals surface area contributed by atoms with Crippen molar-refractivity contribution in [2.75, 3.05) is 50.6 Å². The van der Waals surface area contributed by atoms with Crippen molar-refractivity contribution in [1.82, 2.24) is 35.6 Å². The Morgan fingerprint density at radius 3 is 2.28 bits per heavy atom. The first-order valence-corrected chi connectivity index (χ1v) is 24.5. The fourth-order valence-corrected chi connectivity index (χ4v) is 9.94. The van der Waals surface area contributed by atoms with Gasteiger partial charge in [0, 0.05) is 76.4 Å². The maximum Gasteiger partial charge on any atom is 0.333 e. The van der Waals surface area contributed by atoms with E-state index < -0.39 is 125 Å². The predicted molar refractivity (Wildman–Crippen MR) is 260 cm³/mol. The summed E-state index contributed by atoms with van der Waals surface area (Å²) in [6, 6.07) is 7.97. The highest BCUT2D eigenvalue weighted by molar-refractivity contribution is 7.99. The Morgan fingerprint density at radius 2 is 1.63 bits per heavy atom. The molecule has 3 saturated heterocycles. The monoisotopic (exact) mass is 999 g/mol. The van der Waals surface area contributed by atoms with E-state index in [1.165, 1.54) is 59.1 Å². The van der Waals surface area contributed by atoms with Crippen LogP contribution in [0.2, 0.25) is 0 Å². The molecule has 21 nitrogen and oxygen atoms in total. The van der Waals surface area contributed by atoms with Crippen molar-refractivity contribution < 1.29 is 58.1 Å². The van der Waals surface area contributed by atoms with Crippen LogP contribution in [0.3, 0.4) is 0 Å². The molecule has 3 aliphatic heterocycles. The molecule has 6 amide bonds. The highest BCUT2D eigenvalue weighted by Crippen LogP contribution is 2.29. The van der Waals surface area contributed by atoms with E-state index in [4.69, 9.17) is 10.5 Å². The van der Waals surface area contributed by atoms with Gasteiger partial charge in [-0.25, -0.2) is 9.78 Å². The summed E-state index contributed by atoms with van der Waals surface area (Å²) in [5.74, 6) is -9.05. The molecule has 0 bridgehead atoms. The molecule has 3 aliphatic rings. The molecular formula is C49H61N9O12S. The van der Waals surface area contributed by atoms with Gasteiger partial charge in [0.2, 0.25) is 29.5 Å². The number of carboxylic acid groups (broad SMARTS) is 1. The van der Waals surface area contributed by atoms with Crippen LogP contribution < -0.4 is 26.6 Å². The number of esters is 1. The summed E-state index contributed by atoms with van der Waals surface area (Å²) in [6.45, 7) is 2.73. The number of nitrogens with two attached hydrogens (primary N) is 1. The average Bonchev–Trinajstić information content (AvgIpc) is 3.85. The van der Waals surface area contributed by atoms with Crippen LogP contribution in [0.4, 0.5) is 5.69 Å². The number of fused-ring (bicyclic) bond motifs is 2. The van der Waals surface area contributed by atoms with Crippen molar-refractivity contribution in [3.05, 3.63) is 89.7 Å². The van der Waals surface area contributed by atoms with Gasteiger partial charge in [0.15, 0.2) is 11.7 Å². The second-order valence-electron chi connectivity index (χ2n) is 18.1. The van der Waals surface area contributed by atoms with Crippen molar-refractivity contribution in [3.63, 3.8) is 0 Å². The van der Waals surface area contributed by atoms with E-state index in [0.717, 1.165) is 17.4 Å². The molecule has 7 N–H and O–H groups in total. The minimum absolute atomic E-state index is 0.0244. The summed E-state index contributed by atoms with van der Waals surface area (Å²) >= 11 is 1.10. The van der Waals surface area contributed by atoms with Crippen LogP contribution in [-0.2, 0) is 49.5 Å². The summed E-state index contributed by atoms with van der Waals surface area (Å²) in [5, 5.41) is 27.7. The molecule has 3 aromatic rings. The van der Waals surface area contributed by atoms with Crippen molar-refractivity contribution in [3.8, 4) is 5.75 Å². The smallest absolute Gasteiger partial charge is 0.333 e. The molecule has 22 heteroatoms. The van der Waals surface area contributed by atoms with E-state index >= 15 is 4.79 Å². The van der Waals surface area contributed by atoms with E-state index in [2.05, 4.69) is 20.9 Å². The number of cyclic esters (lactones) is 1. The predicted octanol–water partition coefficient (Wildman–Crippen LogP) is 0.641. The third kappa shape index (κ3) is 12.6. The van der Waals surface area contributed by atoms with Crippen LogP contribution in [0, 0.1) is 5.92 Å². The molecule has 2 aromatic carbocycles. The van der Waals surface area contributed by atoms with Crippen molar-refractivity contribution >= 4 is 70.6 Å². The number of benzene rings is 2. The number of anilines is 1. The number of ether oxygens (including phenoxy) is 1. The Bertz CT molecular complexity index is 2480. The average molecular weight is 1000 g/mol. The number of nitrogens with zero attached hydrogens (tertiary/aromatic N) is 5. The lowest BCUT2D eigenvalue weighted by molar-refractivity contribution is -0.157. The minimum atomic E-state index is -1.73. The number of carbonyl (C=O) groups excluding carboxylic acids is 8. The molecule has 3 fully saturated rings. The summed E-state index contributed by atoms with van der Waals surface area (Å²) in [6.07, 6.45) is -0.246. The van der Waals surface area contributed by atoms with Crippen LogP contribution >= 0.6 is 11.8 Å². The molecule has 4 heterocycles. The SMILES string of the molecule is CC[C@@H]1NC(=O)[C@@H](NC(=O)c2ncccc2O)[C@@H](C)OC(=O)[C@H](c2ccccc2)NC(=O)[C@@H]2CC(=O)[C@H](CSC[C@H](N)C(=O)O)CN2C(=O)[C@H](Cc2ccc(N(C)C)cc2)N(C)C(=O)[C@@H]2CCCN2C1=O. The lowest BCUT2D eigenvalue weighted by Gasteiger charge is -2.42. The summed E-state index contributed by atoms with van der Waals surface area (Å²) in [5.41, 5.74) is 7.02. The first kappa shape index (κ1) is 53.3. The molecule has 71 heavy (non-hydrogen) atoms. The highest BCUT2D eigenvalue weighted by atomic mass is 32.2. The highest BCUT2D eigenvalue weighted by Gasteiger charge is 2.47. The maximum absolute atomic E-state index is 15.5. The van der Waals surface area contributed by atoms with Gasteiger partial charge in [-0.1, -0.05) is 49.4 Å². The van der Waals surface area contributed by atoms with Crippen LogP contribution in [0.1, 0.15) is 67.2 Å². The summed E-state index contributed by atoms with van der Waals surface area (Å²) < 4.78 is 5.89. The van der Waals surface area contributed by atoms with Gasteiger partial charge in [-0.05, 0) is 61.6 Å². The molecule has 0 spiro atoms. The molecule has 0 aliphatic carbocycles. The quantitative estimate of drug-likeness (QED) is 0.136. The molecule has 1 aromatic heterocycles. The van der Waals surface area contributed by atoms with Crippen molar-refractivity contribution in [1.29, 1.82) is 0 Å². The molecule has 0 unspecified atom stereocenters. The van der Waals surface area contributed by atoms with Gasteiger partial charge in [0.1, 0.15) is 53.9 Å². The van der Waals surface area contributed by atoms with Gasteiger partial charge in [0.05, 0.1) is 0 Å². The number of aliphatic carboxylic acids is 1. The van der Waals surface area contributed by atoms with Gasteiger partial charge in [-0.15, -0.1) is 0 Å². The first-order valence-electron chi connectivity index (χ1n) is 23.3. The second-order valence-corrected chi connectivity index (χ2v) is 19.1. The lowest BCUT2D eigenvalue weighted by Crippen LogP contribution is -2.63. The van der Waals surface area contributed by atoms with Gasteiger partial charge >= 0.3 is 11.9 Å². The van der Waals surface area contributed by atoms with Crippen LogP contribution in [0.25, 0.3) is 0 Å². The number of carbonyl (C=O) groups is 9. The number of carboxylic acids is 1. The number of thioether (sulfide) groups is 1. The Labute approximate surface area is 415 Å². The number of aromatic hydroxyl groups is 1. The maximum atomic E-state index is 15.5. The zero-order chi connectivity index (χ0) is 51.7. The zero-order valence-electron chi connectivity index (χ0n) is 40.2. The molecule has 9 atom stereocenters. The Kier molecular flexibility index (Phi) is 17.8. The third-order valence-corrected chi connectivity index (χ3v) is 14.2. The first-order chi connectivity index (χ1) is 33.8. The van der Waals surface area contributed by atoms with Crippen LogP contribution in [0.15, 0.2) is 72.9 Å². The van der Waals surface area contributed by atoms with E-state index in [-0.39, 0.29) is 49.4 Å². The Morgan fingerprint density at radius 1 is 0.930 bits per heavy atom. The number of amides is 6. The fourth-order valence-electron chi connectivity index (χ4n) is 8.84. The number of hydrogen-bond donors (Lipinski definition) is 6. The van der Waals surface area contributed by atoms with Gasteiger partial charge in [-0.3, -0.25) is 38.4 Å². The van der Waals surface area contributed by atoms with Crippen molar-refractivity contribution in [2.45, 2.75) is 94.3 Å². The van der Waals surface area contributed by atoms with E-state index in [1.54, 1.807) is 37.3 Å². The van der Waals surface area contributed by atoms with Gasteiger partial charge in [0.25, 0.3) is 5.91 Å². The topological polar surface area (TPSA) is 291 Å². The van der Waals surface area contributed by atoms with Crippen LogP contribution in [0.5, 0.6) is 5.75 Å². The minimum Gasteiger partial charge on any atom is -0.505 e. The molecule has 380 valence electrons. The number of aromatic nitrogens is 1. The standard InChI is InChI=1S/C49H61N9O12S/c1-6-33-45(64)57-21-11-14-34(57)46(65)56(5)36(22-28-16-18-31(19-17-28)55(3)4)47(66)58-24-30(25-71-26-32(50)48(67)68)38(60)23-35(58)42(61)54-40(29-12-8-7-9-13-29)49(69)70-27(2)39(43(62)52-33)53-44(63)41-37(59)15-10-20-51-41/h7-10,12-13,15-20,27,30,32-36,39-40,59H,6,11,14,21-26,50H2,1-5H3,(H,52,62)(H,53,63)(H,54,61)(H,67,68)/t27-,30+,32+,33+,34+,35+,36+,39+,40+/m1/s1. The lowest BCUT2D eigenvalue weighted by atomic mass is 9.90. The third-order valence-electron chi connectivity index (χ3n) is 13.0. The Balaban J connectivity index is 1.46. The number of pyridine rings is 1. The fraction of sp³-hybridized carbons (Fsp3) is 0.469. The van der Waals surface area contributed by atoms with E-state index in [0.29, 0.717) is 12.0 Å². The van der Waals surface area contributed by atoms with Gasteiger partial charge in [-0.2, -0.15) is 11.8 Å². The number of likely N-dealkylation sites (N-methyl/N-ethyl adjacent to an activating group) is 1. The van der Waals surface area contributed by atoms with Gasteiger partial charge < -0.3 is 56.2 Å². The number of piperidine rings is 1. The molecular weight excluding hydrogens is 939 g/mol. The van der Waals surface area contributed by atoms with Crippen LogP contribution in [-0.4, -0.2) is 171 Å².